The molecule has 31 heavy (non-hydrogen) atoms. The van der Waals surface area contributed by atoms with Crippen LogP contribution in [0.1, 0.15) is 6.42 Å². The fourth-order valence-electron chi connectivity index (χ4n) is 4.12. The Bertz CT molecular complexity index is 590. The van der Waals surface area contributed by atoms with Gasteiger partial charge in [0, 0.05) is 18.6 Å². The zero-order valence-corrected chi connectivity index (χ0v) is 16.7. The fraction of sp³-hybridized carbons (Fsp3) is 1.00. The van der Waals surface area contributed by atoms with Crippen LogP contribution in [0.3, 0.4) is 0 Å². The summed E-state index contributed by atoms with van der Waals surface area (Å²) >= 11 is 0. The third-order valence-electron chi connectivity index (χ3n) is 6.05. The molecule has 2 aliphatic heterocycles. The topological polar surface area (TPSA) is 257 Å². The van der Waals surface area contributed by atoms with Crippen LogP contribution in [0.25, 0.3) is 0 Å². The summed E-state index contributed by atoms with van der Waals surface area (Å²) in [4.78, 5) is 0. The number of hydrogen-bond acceptors (Lipinski definition) is 14. The highest BCUT2D eigenvalue weighted by Gasteiger charge is 2.52. The van der Waals surface area contributed by atoms with Crippen molar-refractivity contribution in [2.45, 2.75) is 92.1 Å². The summed E-state index contributed by atoms with van der Waals surface area (Å²) in [5.74, 6) is 0. The van der Waals surface area contributed by atoms with Crippen molar-refractivity contribution in [3.8, 4) is 0 Å². The van der Waals surface area contributed by atoms with Gasteiger partial charge in [0.25, 0.3) is 0 Å². The second-order valence-electron chi connectivity index (χ2n) is 8.21. The molecule has 0 bridgehead atoms. The predicted octanol–water partition coefficient (Wildman–Crippen LogP) is -6.62. The van der Waals surface area contributed by atoms with Gasteiger partial charge < -0.3 is 71.9 Å². The first-order chi connectivity index (χ1) is 14.6. The van der Waals surface area contributed by atoms with Gasteiger partial charge in [0.2, 0.25) is 0 Å². The van der Waals surface area contributed by atoms with Gasteiger partial charge in [0.1, 0.15) is 54.9 Å². The number of aliphatic hydroxyl groups excluding tert-OH is 7. The van der Waals surface area contributed by atoms with E-state index in [9.17, 15) is 35.7 Å². The van der Waals surface area contributed by atoms with Crippen molar-refractivity contribution in [3.63, 3.8) is 0 Å². The summed E-state index contributed by atoms with van der Waals surface area (Å²) in [5.41, 5.74) is 17.6. The molecule has 3 aliphatic rings. The molecule has 2 heterocycles. The fourth-order valence-corrected chi connectivity index (χ4v) is 4.12. The van der Waals surface area contributed by atoms with Gasteiger partial charge in [-0.25, -0.2) is 0 Å². The maximum absolute atomic E-state index is 10.6. The van der Waals surface area contributed by atoms with Gasteiger partial charge in [-0.2, -0.15) is 0 Å². The van der Waals surface area contributed by atoms with Crippen LogP contribution in [-0.2, 0) is 18.9 Å². The molecular weight excluding hydrogens is 422 g/mol. The summed E-state index contributed by atoms with van der Waals surface area (Å²) in [6, 6.07) is -1.64. The Morgan fingerprint density at radius 3 is 1.74 bits per heavy atom. The van der Waals surface area contributed by atoms with Gasteiger partial charge >= 0.3 is 0 Å². The SMILES string of the molecule is NCC1O[C@H](OC2C(N)CC(N)C(O)[C@H]2O[C@@H]2O[C@H](CO)C(O)[C@@H]2O)C(O)C(O)[C@@H]1O. The van der Waals surface area contributed by atoms with Crippen LogP contribution in [0.15, 0.2) is 0 Å². The van der Waals surface area contributed by atoms with Crippen LogP contribution < -0.4 is 17.2 Å². The van der Waals surface area contributed by atoms with E-state index in [4.69, 9.17) is 36.1 Å². The Labute approximate surface area is 178 Å². The van der Waals surface area contributed by atoms with Crippen molar-refractivity contribution in [3.05, 3.63) is 0 Å². The average Bonchev–Trinajstić information content (AvgIpc) is 3.02. The Balaban J connectivity index is 1.78. The minimum Gasteiger partial charge on any atom is -0.394 e. The summed E-state index contributed by atoms with van der Waals surface area (Å²) in [6.07, 6.45) is -16.4. The normalized spacial score (nSPS) is 53.6. The molecule has 0 aromatic heterocycles. The quantitative estimate of drug-likeness (QED) is 0.179. The van der Waals surface area contributed by atoms with Gasteiger partial charge in [-0.3, -0.25) is 0 Å². The first kappa shape index (κ1) is 25.1. The first-order valence-corrected chi connectivity index (χ1v) is 10.1. The van der Waals surface area contributed by atoms with E-state index in [0.717, 1.165) is 0 Å². The third-order valence-corrected chi connectivity index (χ3v) is 6.05. The van der Waals surface area contributed by atoms with Crippen molar-refractivity contribution >= 4 is 0 Å². The van der Waals surface area contributed by atoms with E-state index in [1.165, 1.54) is 0 Å². The summed E-state index contributed by atoms with van der Waals surface area (Å²) in [6.45, 7) is -0.745. The molecule has 0 spiro atoms. The second-order valence-corrected chi connectivity index (χ2v) is 8.21. The van der Waals surface area contributed by atoms with E-state index in [-0.39, 0.29) is 13.0 Å². The van der Waals surface area contributed by atoms with Crippen LogP contribution in [0, 0.1) is 0 Å². The Hall–Kier alpha value is -0.560. The van der Waals surface area contributed by atoms with E-state index in [0.29, 0.717) is 0 Å². The zero-order valence-electron chi connectivity index (χ0n) is 16.7. The lowest BCUT2D eigenvalue weighted by molar-refractivity contribution is -0.329. The molecule has 14 atom stereocenters. The molecule has 8 unspecified atom stereocenters. The number of ether oxygens (including phenoxy) is 4. The lowest BCUT2D eigenvalue weighted by Gasteiger charge is -2.46. The second kappa shape index (κ2) is 10.1. The van der Waals surface area contributed by atoms with E-state index >= 15 is 0 Å². The molecule has 3 rings (SSSR count). The highest BCUT2D eigenvalue weighted by Crippen LogP contribution is 2.32. The Morgan fingerprint density at radius 1 is 0.677 bits per heavy atom. The first-order valence-electron chi connectivity index (χ1n) is 10.1. The summed E-state index contributed by atoms with van der Waals surface area (Å²) in [5, 5.41) is 70.2. The Kier molecular flexibility index (Phi) is 8.21. The molecular formula is C17H33N3O11. The smallest absolute Gasteiger partial charge is 0.187 e. The maximum Gasteiger partial charge on any atom is 0.187 e. The summed E-state index contributed by atoms with van der Waals surface area (Å²) < 4.78 is 22.2. The van der Waals surface area contributed by atoms with Gasteiger partial charge in [-0.05, 0) is 6.42 Å². The number of hydrogen-bond donors (Lipinski definition) is 10. The van der Waals surface area contributed by atoms with E-state index in [2.05, 4.69) is 0 Å². The number of nitrogens with two attached hydrogens (primary N) is 3. The van der Waals surface area contributed by atoms with Crippen LogP contribution in [-0.4, -0.2) is 135 Å². The molecule has 14 heteroatoms. The molecule has 2 saturated heterocycles. The number of rotatable bonds is 6. The largest absolute Gasteiger partial charge is 0.394 e. The molecule has 0 radical (unpaired) electrons. The average molecular weight is 455 g/mol. The molecule has 13 N–H and O–H groups in total. The van der Waals surface area contributed by atoms with Crippen LogP contribution in [0.5, 0.6) is 0 Å². The van der Waals surface area contributed by atoms with Gasteiger partial charge in [-0.15, -0.1) is 0 Å². The highest BCUT2D eigenvalue weighted by atomic mass is 16.7. The molecule has 14 nitrogen and oxygen atoms in total. The third kappa shape index (κ3) is 4.87. The molecule has 1 aliphatic carbocycles. The minimum absolute atomic E-state index is 0.107. The lowest BCUT2D eigenvalue weighted by Crippen LogP contribution is -2.67. The minimum atomic E-state index is -1.66. The van der Waals surface area contributed by atoms with E-state index in [1.807, 2.05) is 0 Å². The van der Waals surface area contributed by atoms with Gasteiger partial charge in [0.15, 0.2) is 12.6 Å². The van der Waals surface area contributed by atoms with Gasteiger partial charge in [0.05, 0.1) is 12.7 Å². The molecule has 3 fully saturated rings. The zero-order chi connectivity index (χ0) is 23.0. The van der Waals surface area contributed by atoms with Crippen molar-refractivity contribution in [1.29, 1.82) is 0 Å². The van der Waals surface area contributed by atoms with E-state index in [1.54, 1.807) is 0 Å². The number of aliphatic hydroxyl groups is 7. The molecule has 0 aromatic carbocycles. The van der Waals surface area contributed by atoms with Crippen molar-refractivity contribution in [2.75, 3.05) is 13.2 Å². The van der Waals surface area contributed by atoms with Gasteiger partial charge in [-0.1, -0.05) is 0 Å². The highest BCUT2D eigenvalue weighted by molar-refractivity contribution is 5.01. The van der Waals surface area contributed by atoms with Crippen molar-refractivity contribution < 1.29 is 54.7 Å². The Morgan fingerprint density at radius 2 is 1.19 bits per heavy atom. The monoisotopic (exact) mass is 455 g/mol. The van der Waals surface area contributed by atoms with Crippen LogP contribution in [0.2, 0.25) is 0 Å². The predicted molar refractivity (Wildman–Crippen MR) is 99.8 cm³/mol. The van der Waals surface area contributed by atoms with Crippen LogP contribution in [0.4, 0.5) is 0 Å². The lowest BCUT2D eigenvalue weighted by atomic mass is 9.84. The van der Waals surface area contributed by atoms with Crippen molar-refractivity contribution in [1.82, 2.24) is 0 Å². The molecule has 182 valence electrons. The standard InChI is InChI=1S/C17H33N3O11/c18-2-6-9(23)11(25)13(27)17(28-6)30-14-5(20)1-4(19)8(22)15(14)31-16-12(26)10(24)7(3-21)29-16/h4-17,21-27H,1-3,18-20H2/t4?,5?,6?,7-,8?,9-,10?,11?,12+,13?,14?,15-,16+,17-/m1/s1. The van der Waals surface area contributed by atoms with Crippen molar-refractivity contribution in [2.24, 2.45) is 17.2 Å². The molecule has 1 saturated carbocycles. The maximum atomic E-state index is 10.6. The van der Waals surface area contributed by atoms with E-state index < -0.39 is 92.3 Å². The molecule has 0 amide bonds. The van der Waals surface area contributed by atoms with Crippen LogP contribution >= 0.6 is 0 Å². The summed E-state index contributed by atoms with van der Waals surface area (Å²) in [7, 11) is 0. The molecule has 0 aromatic rings.